The third-order valence-corrected chi connectivity index (χ3v) is 9.89. The van der Waals surface area contributed by atoms with E-state index in [0.29, 0.717) is 60.7 Å². The number of carbonyl (C=O) groups is 1. The molecule has 3 heterocycles. The van der Waals surface area contributed by atoms with Gasteiger partial charge in [0.15, 0.2) is 5.65 Å². The van der Waals surface area contributed by atoms with E-state index in [1.54, 1.807) is 42.1 Å². The lowest BCUT2D eigenvalue weighted by Crippen LogP contribution is -2.50. The van der Waals surface area contributed by atoms with Gasteiger partial charge in [-0.3, -0.25) is 9.20 Å². The van der Waals surface area contributed by atoms with Crippen molar-refractivity contribution in [2.45, 2.75) is 43.7 Å². The van der Waals surface area contributed by atoms with Crippen LogP contribution in [0.5, 0.6) is 5.75 Å². The fraction of sp³-hybridized carbons (Fsp3) is 0.444. The second kappa shape index (κ2) is 10.4. The molecular weight excluding hydrogens is 584 g/mol. The number of fused-ring (bicyclic) bond motifs is 1. The first-order chi connectivity index (χ1) is 18.6. The molecule has 0 radical (unpaired) electrons. The zero-order valence-electron chi connectivity index (χ0n) is 22.2. The number of amides is 1. The van der Waals surface area contributed by atoms with Crippen LogP contribution in [-0.4, -0.2) is 71.7 Å². The second-order valence-corrected chi connectivity index (χ2v) is 13.0. The molecule has 39 heavy (non-hydrogen) atoms. The number of rotatable bonds is 8. The minimum absolute atomic E-state index is 0.0638. The first kappa shape index (κ1) is 27.4. The van der Waals surface area contributed by atoms with E-state index in [4.69, 9.17) is 4.74 Å². The number of sulfonamides is 1. The molecule has 5 rings (SSSR count). The second-order valence-electron chi connectivity index (χ2n) is 10.3. The number of piperazine rings is 1. The van der Waals surface area contributed by atoms with E-state index >= 15 is 0 Å². The fourth-order valence-corrected chi connectivity index (χ4v) is 7.08. The summed E-state index contributed by atoms with van der Waals surface area (Å²) in [5.41, 5.74) is 0.970. The van der Waals surface area contributed by atoms with Crippen LogP contribution in [0.25, 0.3) is 5.65 Å². The first-order valence-electron chi connectivity index (χ1n) is 12.9. The molecule has 2 fully saturated rings. The van der Waals surface area contributed by atoms with Gasteiger partial charge in [-0.05, 0) is 52.5 Å². The summed E-state index contributed by atoms with van der Waals surface area (Å²) in [6.07, 6.45) is 4.15. The van der Waals surface area contributed by atoms with Crippen molar-refractivity contribution in [3.8, 4) is 11.8 Å². The van der Waals surface area contributed by atoms with Gasteiger partial charge in [-0.2, -0.15) is 9.57 Å². The lowest BCUT2D eigenvalue weighted by Gasteiger charge is -2.37. The lowest BCUT2D eigenvalue weighted by atomic mass is 10.1. The predicted molar refractivity (Wildman–Crippen MR) is 150 cm³/mol. The summed E-state index contributed by atoms with van der Waals surface area (Å²) in [4.78, 5) is 21.0. The molecular formula is C27H31BrN6O4S. The van der Waals surface area contributed by atoms with Crippen molar-refractivity contribution in [3.05, 3.63) is 52.9 Å². The molecule has 3 aromatic rings. The maximum atomic E-state index is 14.3. The molecule has 1 aliphatic carbocycles. The van der Waals surface area contributed by atoms with E-state index in [0.717, 1.165) is 5.56 Å². The van der Waals surface area contributed by atoms with E-state index in [9.17, 15) is 18.5 Å². The van der Waals surface area contributed by atoms with Crippen LogP contribution in [-0.2, 0) is 21.4 Å². The van der Waals surface area contributed by atoms with E-state index in [2.05, 4.69) is 31.9 Å². The molecule has 2 aliphatic rings. The molecule has 0 spiro atoms. The molecule has 10 nitrogen and oxygen atoms in total. The molecule has 0 atom stereocenters. The average Bonchev–Trinajstić information content (AvgIpc) is 3.66. The Labute approximate surface area is 236 Å². The molecule has 1 amide bonds. The molecule has 1 saturated heterocycles. The number of aromatic nitrogens is 2. The number of halogens is 1. The number of nitriles is 1. The molecule has 1 aromatic carbocycles. The van der Waals surface area contributed by atoms with Gasteiger partial charge in [0, 0.05) is 44.8 Å². The van der Waals surface area contributed by atoms with Crippen LogP contribution in [0.1, 0.15) is 32.3 Å². The number of methoxy groups -OCH3 is 1. The Morgan fingerprint density at radius 2 is 1.87 bits per heavy atom. The lowest BCUT2D eigenvalue weighted by molar-refractivity contribution is -0.134. The van der Waals surface area contributed by atoms with Gasteiger partial charge in [0.1, 0.15) is 20.8 Å². The van der Waals surface area contributed by atoms with Gasteiger partial charge in [0.2, 0.25) is 15.9 Å². The Bertz CT molecular complexity index is 1530. The zero-order valence-corrected chi connectivity index (χ0v) is 24.6. The summed E-state index contributed by atoms with van der Waals surface area (Å²) < 4.78 is 37.4. The van der Waals surface area contributed by atoms with E-state index < -0.39 is 15.6 Å². The molecule has 2 aromatic heterocycles. The molecule has 0 N–H and O–H groups in total. The highest BCUT2D eigenvalue weighted by molar-refractivity contribution is 9.10. The number of imidazole rings is 1. The van der Waals surface area contributed by atoms with E-state index in [1.807, 2.05) is 30.9 Å². The largest absolute Gasteiger partial charge is 0.497 e. The van der Waals surface area contributed by atoms with Crippen LogP contribution in [0.15, 0.2) is 52.2 Å². The highest BCUT2D eigenvalue weighted by Gasteiger charge is 2.54. The molecule has 1 saturated carbocycles. The quantitative estimate of drug-likeness (QED) is 0.381. The number of benzene rings is 1. The highest BCUT2D eigenvalue weighted by atomic mass is 79.9. The van der Waals surface area contributed by atoms with Gasteiger partial charge >= 0.3 is 0 Å². The normalized spacial score (nSPS) is 17.1. The van der Waals surface area contributed by atoms with Crippen LogP contribution in [0.3, 0.4) is 0 Å². The maximum Gasteiger partial charge on any atom is 0.246 e. The number of hydrogen-bond acceptors (Lipinski definition) is 7. The topological polar surface area (TPSA) is 111 Å². The molecule has 0 bridgehead atoms. The third kappa shape index (κ3) is 5.11. The third-order valence-electron chi connectivity index (χ3n) is 7.42. The van der Waals surface area contributed by atoms with Crippen LogP contribution in [0.4, 0.5) is 5.69 Å². The number of hydrogen-bond donors (Lipinski definition) is 0. The van der Waals surface area contributed by atoms with Crippen LogP contribution >= 0.6 is 15.9 Å². The van der Waals surface area contributed by atoms with Crippen molar-refractivity contribution in [2.75, 3.05) is 38.2 Å². The van der Waals surface area contributed by atoms with Crippen LogP contribution < -0.4 is 9.64 Å². The Kier molecular flexibility index (Phi) is 7.35. The summed E-state index contributed by atoms with van der Waals surface area (Å²) in [6.45, 7) is 6.04. The Hall–Kier alpha value is -3.14. The molecule has 12 heteroatoms. The first-order valence-corrected chi connectivity index (χ1v) is 15.1. The Morgan fingerprint density at radius 3 is 2.44 bits per heavy atom. The summed E-state index contributed by atoms with van der Waals surface area (Å²) in [6, 6.07) is 11.1. The minimum Gasteiger partial charge on any atom is -0.497 e. The number of anilines is 1. The monoisotopic (exact) mass is 614 g/mol. The highest BCUT2D eigenvalue weighted by Crippen LogP contribution is 2.45. The summed E-state index contributed by atoms with van der Waals surface area (Å²) in [5.74, 6) is 0.705. The van der Waals surface area contributed by atoms with Crippen molar-refractivity contribution in [3.63, 3.8) is 0 Å². The van der Waals surface area contributed by atoms with Gasteiger partial charge < -0.3 is 14.5 Å². The number of pyridine rings is 1. The molecule has 1 aliphatic heterocycles. The van der Waals surface area contributed by atoms with E-state index in [-0.39, 0.29) is 23.3 Å². The number of ether oxygens (including phenoxy) is 1. The SMILES string of the molecule is COc1ccc(CN(C2(C#N)CC2)S(=O)(=O)c2cc(N3CCN(C(=O)C(C)C)CC3)c3ncc(Br)n3c2)cc1. The summed E-state index contributed by atoms with van der Waals surface area (Å²) >= 11 is 3.50. The number of nitrogens with zero attached hydrogens (tertiary/aromatic N) is 6. The molecule has 0 unspecified atom stereocenters. The Morgan fingerprint density at radius 1 is 1.21 bits per heavy atom. The van der Waals surface area contributed by atoms with Gasteiger partial charge in [0.25, 0.3) is 0 Å². The minimum atomic E-state index is -4.09. The summed E-state index contributed by atoms with van der Waals surface area (Å²) in [7, 11) is -2.51. The van der Waals surface area contributed by atoms with Crippen molar-refractivity contribution in [2.24, 2.45) is 5.92 Å². The fourth-order valence-electron chi connectivity index (χ4n) is 4.95. The van der Waals surface area contributed by atoms with Crippen LogP contribution in [0, 0.1) is 17.2 Å². The molecule has 206 valence electrons. The maximum absolute atomic E-state index is 14.3. The van der Waals surface area contributed by atoms with Crippen molar-refractivity contribution >= 4 is 43.2 Å². The Balaban J connectivity index is 1.53. The predicted octanol–water partition coefficient (Wildman–Crippen LogP) is 3.66. The van der Waals surface area contributed by atoms with Gasteiger partial charge in [-0.1, -0.05) is 26.0 Å². The standard InChI is InChI=1S/C27H31BrN6O4S/c1-19(2)26(35)32-12-10-31(11-13-32)23-14-22(17-33-24(28)15-30-25(23)33)39(36,37)34(27(18-29)8-9-27)16-20-4-6-21(38-3)7-5-20/h4-7,14-15,17,19H,8-13,16H2,1-3H3. The van der Waals surface area contributed by atoms with Crippen molar-refractivity contribution in [1.82, 2.24) is 18.6 Å². The van der Waals surface area contributed by atoms with Crippen LogP contribution in [0.2, 0.25) is 0 Å². The van der Waals surface area contributed by atoms with Crippen molar-refractivity contribution in [1.29, 1.82) is 5.26 Å². The smallest absolute Gasteiger partial charge is 0.246 e. The zero-order chi connectivity index (χ0) is 27.9. The van der Waals surface area contributed by atoms with Gasteiger partial charge in [0.05, 0.1) is 25.1 Å². The average molecular weight is 616 g/mol. The van der Waals surface area contributed by atoms with Crippen molar-refractivity contribution < 1.29 is 17.9 Å². The van der Waals surface area contributed by atoms with Gasteiger partial charge in [-0.15, -0.1) is 0 Å². The summed E-state index contributed by atoms with van der Waals surface area (Å²) in [5, 5.41) is 10.0. The van der Waals surface area contributed by atoms with E-state index in [1.165, 1.54) is 4.31 Å². The van der Waals surface area contributed by atoms with Gasteiger partial charge in [-0.25, -0.2) is 13.4 Å². The number of carbonyl (C=O) groups excluding carboxylic acids is 1.